The number of hydrogen-bond donors (Lipinski definition) is 0. The number of nitrogens with zero attached hydrogens (tertiary/aromatic N) is 2. The maximum absolute atomic E-state index is 12.7. The van der Waals surface area contributed by atoms with E-state index in [2.05, 4.69) is 16.5 Å². The molecule has 0 unspecified atom stereocenters. The molecule has 0 fully saturated rings. The minimum absolute atomic E-state index is 0.200. The van der Waals surface area contributed by atoms with Crippen LogP contribution in [-0.2, 0) is 21.3 Å². The Hall–Kier alpha value is -1.96. The number of methoxy groups -OCH3 is 1. The second-order valence-electron chi connectivity index (χ2n) is 6.31. The van der Waals surface area contributed by atoms with Crippen LogP contribution in [0.5, 0.6) is 0 Å². The highest BCUT2D eigenvalue weighted by Crippen LogP contribution is 2.22. The van der Waals surface area contributed by atoms with E-state index in [1.165, 1.54) is 16.9 Å². The van der Waals surface area contributed by atoms with Crippen molar-refractivity contribution in [3.05, 3.63) is 57.9 Å². The molecule has 0 amide bonds. The minimum Gasteiger partial charge on any atom is -0.383 e. The summed E-state index contributed by atoms with van der Waals surface area (Å²) in [6, 6.07) is 10.9. The molecule has 2 aromatic carbocycles. The van der Waals surface area contributed by atoms with Gasteiger partial charge in [0.05, 0.1) is 21.7 Å². The zero-order valence-electron chi connectivity index (χ0n) is 15.3. The van der Waals surface area contributed by atoms with Crippen LogP contribution in [0.2, 0.25) is 0 Å². The summed E-state index contributed by atoms with van der Waals surface area (Å²) in [5, 5.41) is 0. The normalized spacial score (nSPS) is 12.8. The van der Waals surface area contributed by atoms with Gasteiger partial charge >= 0.3 is 0 Å². The van der Waals surface area contributed by atoms with Gasteiger partial charge in [-0.3, -0.25) is 0 Å². The van der Waals surface area contributed by atoms with Gasteiger partial charge in [-0.05, 0) is 56.2 Å². The summed E-state index contributed by atoms with van der Waals surface area (Å²) < 4.78 is 37.8. The molecule has 26 heavy (non-hydrogen) atoms. The molecule has 5 nitrogen and oxygen atoms in total. The molecule has 1 aromatic heterocycles. The fraction of sp³-hybridized carbons (Fsp3) is 0.316. The van der Waals surface area contributed by atoms with Crippen LogP contribution in [0.3, 0.4) is 0 Å². The van der Waals surface area contributed by atoms with Crippen molar-refractivity contribution in [2.45, 2.75) is 32.2 Å². The predicted octanol–water partition coefficient (Wildman–Crippen LogP) is 3.56. The van der Waals surface area contributed by atoms with Crippen molar-refractivity contribution in [1.29, 1.82) is 0 Å². The molecule has 0 aliphatic carbocycles. The largest absolute Gasteiger partial charge is 0.383 e. The van der Waals surface area contributed by atoms with Crippen molar-refractivity contribution in [2.75, 3.05) is 13.7 Å². The first-order valence-corrected chi connectivity index (χ1v) is 10.5. The molecule has 0 bridgehead atoms. The lowest BCUT2D eigenvalue weighted by Gasteiger charge is -2.06. The molecule has 0 saturated heterocycles. The van der Waals surface area contributed by atoms with Crippen molar-refractivity contribution in [1.82, 2.24) is 4.57 Å². The van der Waals surface area contributed by atoms with Gasteiger partial charge in [0.25, 0.3) is 10.0 Å². The van der Waals surface area contributed by atoms with E-state index in [0.29, 0.717) is 18.0 Å². The Bertz CT molecular complexity index is 1110. The molecule has 3 rings (SSSR count). The number of aryl methyl sites for hydroxylation is 3. The lowest BCUT2D eigenvalue weighted by molar-refractivity contribution is 0.187. The summed E-state index contributed by atoms with van der Waals surface area (Å²) in [4.78, 5) is 0.661. The smallest absolute Gasteiger partial charge is 0.285 e. The highest BCUT2D eigenvalue weighted by Gasteiger charge is 2.15. The molecule has 0 aliphatic heterocycles. The van der Waals surface area contributed by atoms with Crippen LogP contribution in [0.25, 0.3) is 10.2 Å². The van der Waals surface area contributed by atoms with E-state index in [1.807, 2.05) is 25.3 Å². The number of ether oxygens (including phenoxy) is 1. The highest BCUT2D eigenvalue weighted by molar-refractivity contribution is 7.90. The Morgan fingerprint density at radius 2 is 1.73 bits per heavy atom. The molecule has 0 atom stereocenters. The number of aromatic nitrogens is 1. The Morgan fingerprint density at radius 3 is 2.38 bits per heavy atom. The van der Waals surface area contributed by atoms with Crippen LogP contribution in [-0.4, -0.2) is 26.7 Å². The average molecular weight is 391 g/mol. The lowest BCUT2D eigenvalue weighted by Crippen LogP contribution is -2.19. The van der Waals surface area contributed by atoms with Gasteiger partial charge in [0.1, 0.15) is 0 Å². The number of sulfonamides is 1. The van der Waals surface area contributed by atoms with Crippen LogP contribution in [0.4, 0.5) is 0 Å². The Labute approximate surface area is 157 Å². The van der Waals surface area contributed by atoms with Gasteiger partial charge in [0.2, 0.25) is 4.80 Å². The van der Waals surface area contributed by atoms with Crippen LogP contribution >= 0.6 is 11.3 Å². The van der Waals surface area contributed by atoms with Crippen LogP contribution in [0.1, 0.15) is 16.7 Å². The van der Waals surface area contributed by atoms with Gasteiger partial charge in [-0.2, -0.15) is 8.42 Å². The summed E-state index contributed by atoms with van der Waals surface area (Å²) >= 11 is 1.38. The Morgan fingerprint density at radius 1 is 1.08 bits per heavy atom. The first-order chi connectivity index (χ1) is 12.3. The van der Waals surface area contributed by atoms with E-state index in [9.17, 15) is 8.42 Å². The SMILES string of the molecule is COCCn1c(=NS(=O)(=O)c2ccc(C)cc2)sc2cc(C)c(C)cc21. The third kappa shape index (κ3) is 3.75. The number of rotatable bonds is 5. The molecule has 0 N–H and O–H groups in total. The first kappa shape index (κ1) is 18.8. The highest BCUT2D eigenvalue weighted by atomic mass is 32.2. The van der Waals surface area contributed by atoms with Crippen molar-refractivity contribution < 1.29 is 13.2 Å². The maximum atomic E-state index is 12.7. The first-order valence-electron chi connectivity index (χ1n) is 8.29. The van der Waals surface area contributed by atoms with Gasteiger partial charge in [0.15, 0.2) is 0 Å². The summed E-state index contributed by atoms with van der Waals surface area (Å²) in [5.41, 5.74) is 4.32. The van der Waals surface area contributed by atoms with Crippen LogP contribution in [0.15, 0.2) is 45.7 Å². The Kier molecular flexibility index (Phi) is 5.32. The van der Waals surface area contributed by atoms with Crippen molar-refractivity contribution >= 4 is 31.6 Å². The standard InChI is InChI=1S/C19H22N2O3S2/c1-13-5-7-16(8-6-13)26(22,23)20-19-21(9-10-24-4)17-11-14(2)15(3)12-18(17)25-19/h5-8,11-12H,9-10H2,1-4H3. The van der Waals surface area contributed by atoms with E-state index in [4.69, 9.17) is 4.74 Å². The zero-order valence-corrected chi connectivity index (χ0v) is 16.9. The molecule has 3 aromatic rings. The molecule has 0 aliphatic rings. The third-order valence-electron chi connectivity index (χ3n) is 4.33. The van der Waals surface area contributed by atoms with Crippen molar-refractivity contribution in [3.8, 4) is 0 Å². The van der Waals surface area contributed by atoms with E-state index in [-0.39, 0.29) is 4.90 Å². The fourth-order valence-electron chi connectivity index (χ4n) is 2.66. The molecule has 1 heterocycles. The third-order valence-corrected chi connectivity index (χ3v) is 6.77. The molecule has 0 saturated carbocycles. The molecular formula is C19H22N2O3S2. The van der Waals surface area contributed by atoms with E-state index in [0.717, 1.165) is 21.3 Å². The maximum Gasteiger partial charge on any atom is 0.285 e. The molecular weight excluding hydrogens is 368 g/mol. The van der Waals surface area contributed by atoms with Gasteiger partial charge in [-0.1, -0.05) is 29.0 Å². The molecule has 0 spiro atoms. The second-order valence-corrected chi connectivity index (χ2v) is 8.93. The summed E-state index contributed by atoms with van der Waals surface area (Å²) in [6.07, 6.45) is 0. The summed E-state index contributed by atoms with van der Waals surface area (Å²) in [6.45, 7) is 7.04. The van der Waals surface area contributed by atoms with Crippen LogP contribution < -0.4 is 4.80 Å². The number of hydrogen-bond acceptors (Lipinski definition) is 4. The lowest BCUT2D eigenvalue weighted by atomic mass is 10.1. The zero-order chi connectivity index (χ0) is 18.9. The van der Waals surface area contributed by atoms with E-state index in [1.54, 1.807) is 31.4 Å². The van der Waals surface area contributed by atoms with Crippen LogP contribution in [0, 0.1) is 20.8 Å². The van der Waals surface area contributed by atoms with Gasteiger partial charge < -0.3 is 9.30 Å². The average Bonchev–Trinajstić information content (AvgIpc) is 2.89. The molecule has 7 heteroatoms. The van der Waals surface area contributed by atoms with Crippen molar-refractivity contribution in [2.24, 2.45) is 4.40 Å². The van der Waals surface area contributed by atoms with Gasteiger partial charge in [0, 0.05) is 13.7 Å². The summed E-state index contributed by atoms with van der Waals surface area (Å²) in [5.74, 6) is 0. The van der Waals surface area contributed by atoms with Gasteiger partial charge in [-0.25, -0.2) is 0 Å². The van der Waals surface area contributed by atoms with E-state index < -0.39 is 10.0 Å². The Balaban J connectivity index is 2.22. The quantitative estimate of drug-likeness (QED) is 0.669. The van der Waals surface area contributed by atoms with E-state index >= 15 is 0 Å². The number of thiazole rings is 1. The van der Waals surface area contributed by atoms with Crippen molar-refractivity contribution in [3.63, 3.8) is 0 Å². The predicted molar refractivity (Wildman–Crippen MR) is 105 cm³/mol. The minimum atomic E-state index is -3.77. The number of benzene rings is 2. The second kappa shape index (κ2) is 7.34. The topological polar surface area (TPSA) is 60.7 Å². The molecule has 138 valence electrons. The van der Waals surface area contributed by atoms with Gasteiger partial charge in [-0.15, -0.1) is 4.40 Å². The molecule has 0 radical (unpaired) electrons. The number of fused-ring (bicyclic) bond motifs is 1. The monoisotopic (exact) mass is 390 g/mol. The fourth-order valence-corrected chi connectivity index (χ4v) is 4.99. The summed E-state index contributed by atoms with van der Waals surface area (Å²) in [7, 11) is -2.14.